The molecule has 6 nitrogen and oxygen atoms in total. The molecule has 1 amide bonds. The van der Waals surface area contributed by atoms with Crippen molar-refractivity contribution in [2.45, 2.75) is 13.0 Å². The van der Waals surface area contributed by atoms with Crippen molar-refractivity contribution in [1.82, 2.24) is 10.1 Å². The number of likely N-dealkylation sites (N-methyl/N-ethyl adjacent to an activating group) is 1. The van der Waals surface area contributed by atoms with Gasteiger partial charge in [-0.25, -0.2) is 4.39 Å². The average molecular weight is 262 g/mol. The summed E-state index contributed by atoms with van der Waals surface area (Å²) >= 11 is 0. The molecule has 0 spiro atoms. The maximum Gasteiger partial charge on any atom is 0.240 e. The molecule has 0 saturated carbocycles. The number of hydrogen-bond donors (Lipinski definition) is 1. The topological polar surface area (TPSA) is 85.2 Å². The molecule has 1 aromatic carbocycles. The molecule has 2 N–H and O–H groups in total. The lowest BCUT2D eigenvalue weighted by Gasteiger charge is -2.11. The Morgan fingerprint density at radius 3 is 3.00 bits per heavy atom. The van der Waals surface area contributed by atoms with Crippen molar-refractivity contribution in [3.63, 3.8) is 0 Å². The minimum atomic E-state index is -0.472. The zero-order valence-corrected chi connectivity index (χ0v) is 10.2. The Morgan fingerprint density at radius 2 is 2.32 bits per heavy atom. The number of anilines is 1. The number of carbonyl (C=O) groups is 1. The van der Waals surface area contributed by atoms with E-state index in [2.05, 4.69) is 10.1 Å². The molecule has 1 aliphatic heterocycles. The number of halogens is 1. The summed E-state index contributed by atoms with van der Waals surface area (Å²) < 4.78 is 18.9. The molecule has 19 heavy (non-hydrogen) atoms. The van der Waals surface area contributed by atoms with E-state index in [1.165, 1.54) is 11.0 Å². The molecule has 0 fully saturated rings. The molecule has 0 aliphatic carbocycles. The highest BCUT2D eigenvalue weighted by Gasteiger charge is 2.28. The number of rotatable bonds is 2. The van der Waals surface area contributed by atoms with E-state index in [9.17, 15) is 9.18 Å². The zero-order chi connectivity index (χ0) is 13.6. The van der Waals surface area contributed by atoms with Crippen LogP contribution in [-0.4, -0.2) is 23.1 Å². The van der Waals surface area contributed by atoms with Crippen LogP contribution in [0.25, 0.3) is 11.4 Å². The smallest absolute Gasteiger partial charge is 0.240 e. The van der Waals surface area contributed by atoms with Gasteiger partial charge in [0.15, 0.2) is 0 Å². The quantitative estimate of drug-likeness (QED) is 0.867. The molecule has 2 heterocycles. The molecule has 1 aliphatic rings. The van der Waals surface area contributed by atoms with Crippen LogP contribution < -0.4 is 10.6 Å². The Bertz CT molecular complexity index is 668. The van der Waals surface area contributed by atoms with Crippen molar-refractivity contribution in [3.8, 4) is 11.4 Å². The number of carbonyl (C=O) groups excluding carboxylic acids is 1. The molecule has 2 aromatic rings. The molecule has 7 heteroatoms. The Hall–Kier alpha value is -2.28. The standard InChI is InChI=1S/C12H11FN4O2/c1-17-10(18)4-6-2-7(3-8(13)11(6)17)12-15-9(5-14)19-16-12/h2-3H,4-5,14H2,1H3. The molecule has 0 radical (unpaired) electrons. The van der Waals surface area contributed by atoms with E-state index in [1.54, 1.807) is 13.1 Å². The lowest BCUT2D eigenvalue weighted by atomic mass is 10.1. The number of hydrogen-bond acceptors (Lipinski definition) is 5. The van der Waals surface area contributed by atoms with Gasteiger partial charge in [-0.15, -0.1) is 0 Å². The van der Waals surface area contributed by atoms with Crippen molar-refractivity contribution in [1.29, 1.82) is 0 Å². The van der Waals surface area contributed by atoms with Gasteiger partial charge in [0, 0.05) is 12.6 Å². The maximum absolute atomic E-state index is 14.0. The predicted octanol–water partition coefficient (Wildman–Crippen LogP) is 0.853. The summed E-state index contributed by atoms with van der Waals surface area (Å²) in [6.45, 7) is 0.127. The van der Waals surface area contributed by atoms with Crippen molar-refractivity contribution >= 4 is 11.6 Å². The van der Waals surface area contributed by atoms with Crippen LogP contribution in [0.5, 0.6) is 0 Å². The van der Waals surface area contributed by atoms with E-state index < -0.39 is 5.82 Å². The van der Waals surface area contributed by atoms with Crippen LogP contribution in [0, 0.1) is 5.82 Å². The summed E-state index contributed by atoms with van der Waals surface area (Å²) in [7, 11) is 1.55. The SMILES string of the molecule is CN1C(=O)Cc2cc(-c3noc(CN)n3)cc(F)c21. The Kier molecular flexibility index (Phi) is 2.56. The first-order valence-electron chi connectivity index (χ1n) is 5.72. The van der Waals surface area contributed by atoms with Gasteiger partial charge in [-0.1, -0.05) is 5.16 Å². The summed E-state index contributed by atoms with van der Waals surface area (Å²) in [5, 5.41) is 3.73. The molecule has 0 atom stereocenters. The van der Waals surface area contributed by atoms with Gasteiger partial charge in [0.1, 0.15) is 5.82 Å². The minimum absolute atomic E-state index is 0.127. The molecule has 3 rings (SSSR count). The minimum Gasteiger partial charge on any atom is -0.338 e. The van der Waals surface area contributed by atoms with E-state index in [0.29, 0.717) is 16.8 Å². The van der Waals surface area contributed by atoms with Crippen molar-refractivity contribution in [3.05, 3.63) is 29.4 Å². The van der Waals surface area contributed by atoms with E-state index in [1.807, 2.05) is 0 Å². The van der Waals surface area contributed by atoms with Crippen molar-refractivity contribution in [2.75, 3.05) is 11.9 Å². The summed E-state index contributed by atoms with van der Waals surface area (Å²) in [6, 6.07) is 2.99. The van der Waals surface area contributed by atoms with Gasteiger partial charge in [-0.05, 0) is 17.7 Å². The lowest BCUT2D eigenvalue weighted by molar-refractivity contribution is -0.117. The highest BCUT2D eigenvalue weighted by atomic mass is 19.1. The Labute approximate surface area is 108 Å². The van der Waals surface area contributed by atoms with Gasteiger partial charge in [0.2, 0.25) is 17.6 Å². The number of nitrogens with zero attached hydrogens (tertiary/aromatic N) is 3. The maximum atomic E-state index is 14.0. The van der Waals surface area contributed by atoms with Gasteiger partial charge >= 0.3 is 0 Å². The van der Waals surface area contributed by atoms with Crippen LogP contribution in [0.3, 0.4) is 0 Å². The second-order valence-electron chi connectivity index (χ2n) is 4.31. The Morgan fingerprint density at radius 1 is 1.53 bits per heavy atom. The molecular weight excluding hydrogens is 251 g/mol. The van der Waals surface area contributed by atoms with Crippen LogP contribution in [0.1, 0.15) is 11.5 Å². The molecule has 1 aromatic heterocycles. The van der Waals surface area contributed by atoms with E-state index in [4.69, 9.17) is 10.3 Å². The largest absolute Gasteiger partial charge is 0.338 e. The summed E-state index contributed by atoms with van der Waals surface area (Å²) in [5.74, 6) is -0.0602. The van der Waals surface area contributed by atoms with Gasteiger partial charge in [-0.3, -0.25) is 4.79 Å². The third kappa shape index (κ3) is 1.78. The highest BCUT2D eigenvalue weighted by Crippen LogP contribution is 2.34. The van der Waals surface area contributed by atoms with E-state index in [-0.39, 0.29) is 30.6 Å². The molecule has 0 bridgehead atoms. The average Bonchev–Trinajstić information content (AvgIpc) is 2.95. The van der Waals surface area contributed by atoms with Crippen LogP contribution in [0.4, 0.5) is 10.1 Å². The van der Waals surface area contributed by atoms with Gasteiger partial charge in [0.25, 0.3) is 0 Å². The third-order valence-corrected chi connectivity index (χ3v) is 3.09. The Balaban J connectivity index is 2.09. The number of amides is 1. The first kappa shape index (κ1) is 11.8. The summed E-state index contributed by atoms with van der Waals surface area (Å²) in [6.07, 6.45) is 0.179. The first-order valence-corrected chi connectivity index (χ1v) is 5.72. The zero-order valence-electron chi connectivity index (χ0n) is 10.2. The second kappa shape index (κ2) is 4.13. The van der Waals surface area contributed by atoms with Crippen molar-refractivity contribution in [2.24, 2.45) is 5.73 Å². The fourth-order valence-electron chi connectivity index (χ4n) is 2.16. The van der Waals surface area contributed by atoms with Gasteiger partial charge in [-0.2, -0.15) is 4.98 Å². The van der Waals surface area contributed by atoms with Crippen LogP contribution in [0.2, 0.25) is 0 Å². The van der Waals surface area contributed by atoms with Crippen LogP contribution in [0.15, 0.2) is 16.7 Å². The third-order valence-electron chi connectivity index (χ3n) is 3.09. The molecule has 98 valence electrons. The lowest BCUT2D eigenvalue weighted by Crippen LogP contribution is -2.21. The van der Waals surface area contributed by atoms with Gasteiger partial charge in [0.05, 0.1) is 18.7 Å². The van der Waals surface area contributed by atoms with Crippen LogP contribution >= 0.6 is 0 Å². The predicted molar refractivity (Wildman–Crippen MR) is 64.7 cm³/mol. The second-order valence-corrected chi connectivity index (χ2v) is 4.31. The number of benzene rings is 1. The number of fused-ring (bicyclic) bond motifs is 1. The van der Waals surface area contributed by atoms with Crippen molar-refractivity contribution < 1.29 is 13.7 Å². The fourth-order valence-corrected chi connectivity index (χ4v) is 2.16. The normalized spacial score (nSPS) is 14.1. The molecule has 0 saturated heterocycles. The van der Waals surface area contributed by atoms with E-state index in [0.717, 1.165) is 0 Å². The highest BCUT2D eigenvalue weighted by molar-refractivity contribution is 6.01. The summed E-state index contributed by atoms with van der Waals surface area (Å²) in [5.41, 5.74) is 6.79. The van der Waals surface area contributed by atoms with E-state index >= 15 is 0 Å². The molecular formula is C12H11FN4O2. The fraction of sp³-hybridized carbons (Fsp3) is 0.250. The summed E-state index contributed by atoms with van der Waals surface area (Å²) in [4.78, 5) is 16.9. The monoisotopic (exact) mass is 262 g/mol. The first-order chi connectivity index (χ1) is 9.10. The van der Waals surface area contributed by atoms with Crippen LogP contribution in [-0.2, 0) is 17.8 Å². The molecule has 0 unspecified atom stereocenters. The number of nitrogens with two attached hydrogens (primary N) is 1. The number of aromatic nitrogens is 2. The van der Waals surface area contributed by atoms with Gasteiger partial charge < -0.3 is 15.2 Å².